The summed E-state index contributed by atoms with van der Waals surface area (Å²) >= 11 is 0. The molecular weight excluding hydrogens is 342 g/mol. The fourth-order valence-electron chi connectivity index (χ4n) is 3.27. The van der Waals surface area contributed by atoms with Crippen molar-refractivity contribution in [1.82, 2.24) is 4.90 Å². The highest BCUT2D eigenvalue weighted by atomic mass is 16.5. The van der Waals surface area contributed by atoms with E-state index in [4.69, 9.17) is 9.47 Å². The molecule has 0 saturated carbocycles. The number of amides is 2. The lowest BCUT2D eigenvalue weighted by Gasteiger charge is -2.26. The third kappa shape index (κ3) is 5.37. The van der Waals surface area contributed by atoms with Crippen LogP contribution < -0.4 is 20.1 Å². The maximum atomic E-state index is 12.3. The topological polar surface area (TPSA) is 62.8 Å². The number of hydrogen-bond acceptors (Lipinski definition) is 4. The lowest BCUT2D eigenvalue weighted by Crippen LogP contribution is -2.29. The number of benzene rings is 2. The Morgan fingerprint density at radius 1 is 0.963 bits per heavy atom. The van der Waals surface area contributed by atoms with Gasteiger partial charge in [-0.2, -0.15) is 0 Å². The molecule has 3 rings (SSSR count). The van der Waals surface area contributed by atoms with Gasteiger partial charge in [0, 0.05) is 18.3 Å². The minimum absolute atomic E-state index is 0.328. The van der Waals surface area contributed by atoms with E-state index < -0.39 is 0 Å². The second kappa shape index (κ2) is 9.28. The lowest BCUT2D eigenvalue weighted by atomic mass is 10.1. The molecule has 1 aliphatic heterocycles. The molecule has 1 aliphatic rings. The number of nitrogens with one attached hydrogen (secondary N) is 2. The molecule has 1 fully saturated rings. The summed E-state index contributed by atoms with van der Waals surface area (Å²) < 4.78 is 10.5. The summed E-state index contributed by atoms with van der Waals surface area (Å²) in [4.78, 5) is 14.8. The van der Waals surface area contributed by atoms with Crippen molar-refractivity contribution in [3.8, 4) is 11.5 Å². The van der Waals surface area contributed by atoms with Crippen LogP contribution in [0.1, 0.15) is 24.8 Å². The van der Waals surface area contributed by atoms with Crippen molar-refractivity contribution >= 4 is 17.4 Å². The van der Waals surface area contributed by atoms with Gasteiger partial charge in [-0.25, -0.2) is 4.79 Å². The predicted octanol–water partition coefficient (Wildman–Crippen LogP) is 4.33. The molecule has 1 heterocycles. The van der Waals surface area contributed by atoms with Gasteiger partial charge in [-0.05, 0) is 55.8 Å². The molecule has 2 aromatic rings. The molecule has 0 bridgehead atoms. The van der Waals surface area contributed by atoms with Crippen LogP contribution in [0.5, 0.6) is 11.5 Å². The molecule has 144 valence electrons. The van der Waals surface area contributed by atoms with Crippen LogP contribution in [-0.2, 0) is 6.54 Å². The molecule has 0 aromatic heterocycles. The molecule has 2 amide bonds. The third-order valence-corrected chi connectivity index (χ3v) is 4.72. The standard InChI is InChI=1S/C21H27N3O3/c1-26-18-10-11-20(27-2)19(14-18)23-21(25)22-17-8-6-16(7-9-17)15-24-12-4-3-5-13-24/h6-11,14H,3-5,12-13,15H2,1-2H3,(H2,22,23,25). The number of methoxy groups -OCH3 is 2. The number of nitrogens with zero attached hydrogens (tertiary/aromatic N) is 1. The Kier molecular flexibility index (Phi) is 6.54. The van der Waals surface area contributed by atoms with Gasteiger partial charge in [0.15, 0.2) is 0 Å². The fraction of sp³-hybridized carbons (Fsp3) is 0.381. The highest BCUT2D eigenvalue weighted by Crippen LogP contribution is 2.29. The maximum Gasteiger partial charge on any atom is 0.323 e. The normalized spacial score (nSPS) is 14.4. The molecule has 0 unspecified atom stereocenters. The van der Waals surface area contributed by atoms with E-state index in [2.05, 4.69) is 27.7 Å². The predicted molar refractivity (Wildman–Crippen MR) is 108 cm³/mol. The summed E-state index contributed by atoms with van der Waals surface area (Å²) in [5.41, 5.74) is 2.56. The number of rotatable bonds is 6. The van der Waals surface area contributed by atoms with Crippen molar-refractivity contribution in [2.24, 2.45) is 0 Å². The zero-order chi connectivity index (χ0) is 19.1. The van der Waals surface area contributed by atoms with E-state index in [0.29, 0.717) is 17.2 Å². The summed E-state index contributed by atoms with van der Waals surface area (Å²) in [6.07, 6.45) is 3.91. The Labute approximate surface area is 160 Å². The van der Waals surface area contributed by atoms with Gasteiger partial charge in [0.05, 0.1) is 19.9 Å². The van der Waals surface area contributed by atoms with Gasteiger partial charge in [-0.1, -0.05) is 18.6 Å². The van der Waals surface area contributed by atoms with Gasteiger partial charge >= 0.3 is 6.03 Å². The third-order valence-electron chi connectivity index (χ3n) is 4.72. The Morgan fingerprint density at radius 3 is 2.37 bits per heavy atom. The fourth-order valence-corrected chi connectivity index (χ4v) is 3.27. The van der Waals surface area contributed by atoms with E-state index in [9.17, 15) is 4.79 Å². The number of hydrogen-bond donors (Lipinski definition) is 2. The Morgan fingerprint density at radius 2 is 1.70 bits per heavy atom. The van der Waals surface area contributed by atoms with Crippen molar-refractivity contribution in [3.63, 3.8) is 0 Å². The molecule has 0 radical (unpaired) electrons. The van der Waals surface area contributed by atoms with Gasteiger partial charge in [-0.3, -0.25) is 4.90 Å². The number of ether oxygens (including phenoxy) is 2. The Bertz CT molecular complexity index is 756. The summed E-state index contributed by atoms with van der Waals surface area (Å²) in [6.45, 7) is 3.31. The molecule has 6 heteroatoms. The lowest BCUT2D eigenvalue weighted by molar-refractivity contribution is 0.221. The highest BCUT2D eigenvalue weighted by molar-refractivity contribution is 6.00. The van der Waals surface area contributed by atoms with Crippen molar-refractivity contribution < 1.29 is 14.3 Å². The van der Waals surface area contributed by atoms with Crippen LogP contribution in [0.25, 0.3) is 0 Å². The van der Waals surface area contributed by atoms with E-state index in [0.717, 1.165) is 12.2 Å². The molecule has 6 nitrogen and oxygen atoms in total. The first-order valence-electron chi connectivity index (χ1n) is 9.29. The smallest absolute Gasteiger partial charge is 0.323 e. The Balaban J connectivity index is 1.57. The molecule has 0 atom stereocenters. The van der Waals surface area contributed by atoms with E-state index >= 15 is 0 Å². The molecule has 1 saturated heterocycles. The maximum absolute atomic E-state index is 12.3. The summed E-state index contributed by atoms with van der Waals surface area (Å²) in [6, 6.07) is 12.9. The van der Waals surface area contributed by atoms with Gasteiger partial charge in [0.2, 0.25) is 0 Å². The quantitative estimate of drug-likeness (QED) is 0.795. The van der Waals surface area contributed by atoms with E-state index in [1.165, 1.54) is 37.9 Å². The van der Waals surface area contributed by atoms with E-state index in [1.54, 1.807) is 32.4 Å². The first-order chi connectivity index (χ1) is 13.2. The number of carbonyl (C=O) groups excluding carboxylic acids is 1. The van der Waals surface area contributed by atoms with Gasteiger partial charge < -0.3 is 20.1 Å². The van der Waals surface area contributed by atoms with Crippen LogP contribution in [0.3, 0.4) is 0 Å². The summed E-state index contributed by atoms with van der Waals surface area (Å²) in [5.74, 6) is 1.22. The van der Waals surface area contributed by atoms with Crippen LogP contribution in [0, 0.1) is 0 Å². The first-order valence-corrected chi connectivity index (χ1v) is 9.29. The van der Waals surface area contributed by atoms with Crippen LogP contribution in [0.4, 0.5) is 16.2 Å². The van der Waals surface area contributed by atoms with Gasteiger partial charge in [0.25, 0.3) is 0 Å². The zero-order valence-electron chi connectivity index (χ0n) is 16.0. The summed E-state index contributed by atoms with van der Waals surface area (Å²) in [7, 11) is 3.14. The number of anilines is 2. The SMILES string of the molecule is COc1ccc(OC)c(NC(=O)Nc2ccc(CN3CCCCC3)cc2)c1. The number of carbonyl (C=O) groups is 1. The second-order valence-electron chi connectivity index (χ2n) is 6.68. The van der Waals surface area contributed by atoms with Gasteiger partial charge in [-0.15, -0.1) is 0 Å². The highest BCUT2D eigenvalue weighted by Gasteiger charge is 2.11. The van der Waals surface area contributed by atoms with Crippen LogP contribution in [-0.4, -0.2) is 38.2 Å². The molecule has 2 aromatic carbocycles. The van der Waals surface area contributed by atoms with Crippen molar-refractivity contribution in [2.45, 2.75) is 25.8 Å². The molecule has 27 heavy (non-hydrogen) atoms. The van der Waals surface area contributed by atoms with Crippen molar-refractivity contribution in [3.05, 3.63) is 48.0 Å². The van der Waals surface area contributed by atoms with Crippen molar-refractivity contribution in [1.29, 1.82) is 0 Å². The minimum atomic E-state index is -0.328. The average molecular weight is 369 g/mol. The molecular formula is C21H27N3O3. The monoisotopic (exact) mass is 369 g/mol. The summed E-state index contributed by atoms with van der Waals surface area (Å²) in [5, 5.41) is 5.65. The Hall–Kier alpha value is -2.73. The van der Waals surface area contributed by atoms with Crippen molar-refractivity contribution in [2.75, 3.05) is 37.9 Å². The zero-order valence-corrected chi connectivity index (χ0v) is 16.0. The van der Waals surface area contributed by atoms with E-state index in [1.807, 2.05) is 12.1 Å². The average Bonchev–Trinajstić information content (AvgIpc) is 2.70. The first kappa shape index (κ1) is 19.0. The molecule has 0 aliphatic carbocycles. The van der Waals surface area contributed by atoms with E-state index in [-0.39, 0.29) is 6.03 Å². The van der Waals surface area contributed by atoms with Crippen LogP contribution in [0.15, 0.2) is 42.5 Å². The minimum Gasteiger partial charge on any atom is -0.497 e. The number of likely N-dealkylation sites (tertiary alicyclic amines) is 1. The van der Waals surface area contributed by atoms with Gasteiger partial charge in [0.1, 0.15) is 11.5 Å². The van der Waals surface area contributed by atoms with Crippen LogP contribution in [0.2, 0.25) is 0 Å². The largest absolute Gasteiger partial charge is 0.497 e. The molecule has 2 N–H and O–H groups in total. The number of urea groups is 1. The van der Waals surface area contributed by atoms with Crippen LogP contribution >= 0.6 is 0 Å². The number of piperidine rings is 1. The second-order valence-corrected chi connectivity index (χ2v) is 6.68. The molecule has 0 spiro atoms.